The van der Waals surface area contributed by atoms with Crippen LogP contribution >= 0.6 is 0 Å². The molecule has 0 N–H and O–H groups in total. The van der Waals surface area contributed by atoms with E-state index in [2.05, 4.69) is 28.6 Å². The van der Waals surface area contributed by atoms with Crippen molar-refractivity contribution in [3.63, 3.8) is 0 Å². The molecule has 1 aromatic rings. The highest BCUT2D eigenvalue weighted by Crippen LogP contribution is 2.22. The molecule has 0 saturated carbocycles. The first kappa shape index (κ1) is 18.8. The molecule has 0 bridgehead atoms. The minimum atomic E-state index is 0.0408. The summed E-state index contributed by atoms with van der Waals surface area (Å²) in [6.45, 7) is 11.5. The van der Waals surface area contributed by atoms with E-state index < -0.39 is 0 Å². The number of anilines is 1. The first-order valence-corrected chi connectivity index (χ1v) is 9.65. The number of likely N-dealkylation sites (tertiary alicyclic amines) is 1. The van der Waals surface area contributed by atoms with Gasteiger partial charge in [0.15, 0.2) is 5.78 Å². The van der Waals surface area contributed by atoms with Crippen molar-refractivity contribution in [2.45, 2.75) is 27.2 Å². The Kier molecular flexibility index (Phi) is 5.91. The largest absolute Gasteiger partial charge is 0.353 e. The molecule has 2 fully saturated rings. The number of hydrogen-bond donors (Lipinski definition) is 0. The highest BCUT2D eigenvalue weighted by atomic mass is 16.2. The van der Waals surface area contributed by atoms with Crippen molar-refractivity contribution in [2.24, 2.45) is 11.8 Å². The van der Waals surface area contributed by atoms with Crippen LogP contribution < -0.4 is 4.90 Å². The van der Waals surface area contributed by atoms with Crippen molar-refractivity contribution >= 4 is 17.5 Å². The second-order valence-corrected chi connectivity index (χ2v) is 7.94. The second-order valence-electron chi connectivity index (χ2n) is 7.94. The monoisotopic (exact) mass is 358 g/mol. The molecule has 2 aliphatic heterocycles. The third kappa shape index (κ3) is 4.41. The lowest BCUT2D eigenvalue weighted by Gasteiger charge is -2.39. The van der Waals surface area contributed by atoms with Gasteiger partial charge in [-0.25, -0.2) is 4.98 Å². The van der Waals surface area contributed by atoms with Crippen LogP contribution in [-0.4, -0.2) is 72.3 Å². The standard InChI is InChI=1S/C20H30N4O2/c1-15-11-16(2)13-24(12-15)19(26)14-22-7-9-23(10-8-22)20-18(17(3)25)5-4-6-21-20/h4-6,15-16H,7-14H2,1-3H3/t15-,16+. The Morgan fingerprint density at radius 1 is 1.12 bits per heavy atom. The van der Waals surface area contributed by atoms with Gasteiger partial charge in [-0.3, -0.25) is 14.5 Å². The highest BCUT2D eigenvalue weighted by Gasteiger charge is 2.28. The van der Waals surface area contributed by atoms with Crippen LogP contribution in [0.2, 0.25) is 0 Å². The van der Waals surface area contributed by atoms with Gasteiger partial charge < -0.3 is 9.80 Å². The molecular formula is C20H30N4O2. The Morgan fingerprint density at radius 3 is 2.38 bits per heavy atom. The number of aromatic nitrogens is 1. The Bertz CT molecular complexity index is 645. The van der Waals surface area contributed by atoms with Gasteiger partial charge in [-0.15, -0.1) is 0 Å². The van der Waals surface area contributed by atoms with Crippen molar-refractivity contribution in [1.29, 1.82) is 0 Å². The topological polar surface area (TPSA) is 56.8 Å². The van der Waals surface area contributed by atoms with Crippen LogP contribution in [0.1, 0.15) is 37.6 Å². The van der Waals surface area contributed by atoms with E-state index in [1.807, 2.05) is 11.0 Å². The predicted octanol–water partition coefficient (Wildman–Crippen LogP) is 1.91. The van der Waals surface area contributed by atoms with Gasteiger partial charge in [0, 0.05) is 45.5 Å². The summed E-state index contributed by atoms with van der Waals surface area (Å²) in [6.07, 6.45) is 2.95. The summed E-state index contributed by atoms with van der Waals surface area (Å²) in [6, 6.07) is 3.63. The zero-order chi connectivity index (χ0) is 18.7. The zero-order valence-electron chi connectivity index (χ0n) is 16.1. The molecule has 6 heteroatoms. The Hall–Kier alpha value is -1.95. The number of rotatable bonds is 4. The van der Waals surface area contributed by atoms with E-state index in [-0.39, 0.29) is 11.7 Å². The van der Waals surface area contributed by atoms with Crippen LogP contribution in [0.25, 0.3) is 0 Å². The molecule has 2 saturated heterocycles. The summed E-state index contributed by atoms with van der Waals surface area (Å²) < 4.78 is 0. The molecule has 0 unspecified atom stereocenters. The van der Waals surface area contributed by atoms with E-state index in [9.17, 15) is 9.59 Å². The van der Waals surface area contributed by atoms with Gasteiger partial charge in [-0.2, -0.15) is 0 Å². The van der Waals surface area contributed by atoms with Crippen LogP contribution in [0, 0.1) is 11.8 Å². The predicted molar refractivity (Wildman–Crippen MR) is 102 cm³/mol. The fourth-order valence-corrected chi connectivity index (χ4v) is 4.20. The molecule has 1 amide bonds. The van der Waals surface area contributed by atoms with Crippen molar-refractivity contribution in [3.05, 3.63) is 23.9 Å². The van der Waals surface area contributed by atoms with Gasteiger partial charge in [0.1, 0.15) is 5.82 Å². The number of pyridine rings is 1. The van der Waals surface area contributed by atoms with E-state index in [0.717, 1.165) is 45.1 Å². The van der Waals surface area contributed by atoms with Crippen LogP contribution in [0.5, 0.6) is 0 Å². The number of amides is 1. The maximum atomic E-state index is 12.7. The lowest BCUT2D eigenvalue weighted by atomic mass is 9.92. The quantitative estimate of drug-likeness (QED) is 0.770. The Morgan fingerprint density at radius 2 is 1.77 bits per heavy atom. The summed E-state index contributed by atoms with van der Waals surface area (Å²) in [5.41, 5.74) is 0.674. The third-order valence-corrected chi connectivity index (χ3v) is 5.42. The molecule has 0 aliphatic carbocycles. The normalized spacial score (nSPS) is 24.6. The number of nitrogens with zero attached hydrogens (tertiary/aromatic N) is 4. The summed E-state index contributed by atoms with van der Waals surface area (Å²) in [4.78, 5) is 35.3. The van der Waals surface area contributed by atoms with Gasteiger partial charge >= 0.3 is 0 Å². The smallest absolute Gasteiger partial charge is 0.236 e. The van der Waals surface area contributed by atoms with Crippen LogP contribution in [0.3, 0.4) is 0 Å². The molecule has 6 nitrogen and oxygen atoms in total. The number of piperidine rings is 1. The van der Waals surface area contributed by atoms with E-state index >= 15 is 0 Å². The van der Waals surface area contributed by atoms with E-state index in [1.54, 1.807) is 19.2 Å². The van der Waals surface area contributed by atoms with Gasteiger partial charge in [-0.1, -0.05) is 13.8 Å². The first-order chi connectivity index (χ1) is 12.4. The summed E-state index contributed by atoms with van der Waals surface area (Å²) in [7, 11) is 0. The molecule has 0 aromatic carbocycles. The zero-order valence-corrected chi connectivity index (χ0v) is 16.1. The number of carbonyl (C=O) groups is 2. The maximum absolute atomic E-state index is 12.7. The number of hydrogen-bond acceptors (Lipinski definition) is 5. The first-order valence-electron chi connectivity index (χ1n) is 9.65. The molecule has 142 valence electrons. The number of piperazine rings is 1. The highest BCUT2D eigenvalue weighted by molar-refractivity contribution is 5.98. The van der Waals surface area contributed by atoms with Crippen LogP contribution in [0.4, 0.5) is 5.82 Å². The van der Waals surface area contributed by atoms with Crippen LogP contribution in [-0.2, 0) is 4.79 Å². The van der Waals surface area contributed by atoms with E-state index in [4.69, 9.17) is 0 Å². The van der Waals surface area contributed by atoms with E-state index in [1.165, 1.54) is 6.42 Å². The SMILES string of the molecule is CC(=O)c1cccnc1N1CCN(CC(=O)N2C[C@H](C)C[C@H](C)C2)CC1. The Labute approximate surface area is 156 Å². The molecule has 2 aliphatic rings. The van der Waals surface area contributed by atoms with Gasteiger partial charge in [-0.05, 0) is 37.3 Å². The average Bonchev–Trinajstić information content (AvgIpc) is 2.61. The van der Waals surface area contributed by atoms with Crippen molar-refractivity contribution in [1.82, 2.24) is 14.8 Å². The summed E-state index contributed by atoms with van der Waals surface area (Å²) >= 11 is 0. The molecule has 0 spiro atoms. The maximum Gasteiger partial charge on any atom is 0.236 e. The molecule has 26 heavy (non-hydrogen) atoms. The van der Waals surface area contributed by atoms with Crippen molar-refractivity contribution in [3.8, 4) is 0 Å². The van der Waals surface area contributed by atoms with Gasteiger partial charge in [0.05, 0.1) is 12.1 Å². The molecule has 3 heterocycles. The fraction of sp³-hybridized carbons (Fsp3) is 0.650. The molecule has 2 atom stereocenters. The summed E-state index contributed by atoms with van der Waals surface area (Å²) in [5.74, 6) is 2.24. The average molecular weight is 358 g/mol. The molecular weight excluding hydrogens is 328 g/mol. The number of Topliss-reactive ketones (excluding diaryl/α,β-unsaturated/α-hetero) is 1. The summed E-state index contributed by atoms with van der Waals surface area (Å²) in [5, 5.41) is 0. The van der Waals surface area contributed by atoms with Gasteiger partial charge in [0.2, 0.25) is 5.91 Å². The second kappa shape index (κ2) is 8.16. The molecule has 1 aromatic heterocycles. The van der Waals surface area contributed by atoms with Crippen LogP contribution in [0.15, 0.2) is 18.3 Å². The third-order valence-electron chi connectivity index (χ3n) is 5.42. The molecule has 3 rings (SSSR count). The Balaban J connectivity index is 1.54. The lowest BCUT2D eigenvalue weighted by Crippen LogP contribution is -2.52. The van der Waals surface area contributed by atoms with Crippen molar-refractivity contribution in [2.75, 3.05) is 50.7 Å². The van der Waals surface area contributed by atoms with Gasteiger partial charge in [0.25, 0.3) is 0 Å². The minimum Gasteiger partial charge on any atom is -0.353 e. The molecule has 0 radical (unpaired) electrons. The number of carbonyl (C=O) groups excluding carboxylic acids is 2. The number of ketones is 1. The lowest BCUT2D eigenvalue weighted by molar-refractivity contribution is -0.135. The van der Waals surface area contributed by atoms with E-state index in [0.29, 0.717) is 23.9 Å². The fourth-order valence-electron chi connectivity index (χ4n) is 4.20. The minimum absolute atomic E-state index is 0.0408. The van der Waals surface area contributed by atoms with Crippen molar-refractivity contribution < 1.29 is 9.59 Å².